The molecular weight excluding hydrogens is 488 g/mol. The highest BCUT2D eigenvalue weighted by atomic mass is 16.5. The Kier molecular flexibility index (Phi) is 6.84. The van der Waals surface area contributed by atoms with Crippen molar-refractivity contribution in [3.8, 4) is 0 Å². The van der Waals surface area contributed by atoms with Crippen LogP contribution in [0.2, 0.25) is 0 Å². The third kappa shape index (κ3) is 4.60. The molecule has 2 fully saturated rings. The maximum Gasteiger partial charge on any atom is 0.338 e. The summed E-state index contributed by atoms with van der Waals surface area (Å²) in [5.41, 5.74) is 2.60. The Labute approximate surface area is 219 Å². The van der Waals surface area contributed by atoms with E-state index < -0.39 is 24.5 Å². The standard InChI is InChI=1S/C29H28N2O7/c1-3-12-37-28(35)17-4-8-20(9-5-17)30-23(32)15-38-29(36)18-6-10-21(11-7-18)31-26(33)24-19-13-16(2)22(14-19)25(24)27(31)34/h4-11,13,19,22,24-25H,3,12,14-15H2,1-2H3,(H,30,32)/t19-,22+,24+,25+/m0/s1. The van der Waals surface area contributed by atoms with E-state index >= 15 is 0 Å². The first-order valence-electron chi connectivity index (χ1n) is 12.7. The summed E-state index contributed by atoms with van der Waals surface area (Å²) in [4.78, 5) is 63.9. The summed E-state index contributed by atoms with van der Waals surface area (Å²) in [6.45, 7) is 3.74. The van der Waals surface area contributed by atoms with Gasteiger partial charge in [0.05, 0.1) is 35.3 Å². The quantitative estimate of drug-likeness (QED) is 0.322. The summed E-state index contributed by atoms with van der Waals surface area (Å²) in [6.07, 6.45) is 3.71. The van der Waals surface area contributed by atoms with Crippen molar-refractivity contribution in [2.24, 2.45) is 23.7 Å². The zero-order chi connectivity index (χ0) is 27.0. The molecule has 1 saturated heterocycles. The number of carbonyl (C=O) groups is 5. The molecule has 2 aromatic rings. The summed E-state index contributed by atoms with van der Waals surface area (Å²) in [5.74, 6) is -2.42. The molecule has 0 unspecified atom stereocenters. The summed E-state index contributed by atoms with van der Waals surface area (Å²) in [7, 11) is 0. The molecule has 1 heterocycles. The smallest absolute Gasteiger partial charge is 0.338 e. The highest BCUT2D eigenvalue weighted by Crippen LogP contribution is 2.55. The van der Waals surface area contributed by atoms with Crippen LogP contribution in [0, 0.1) is 23.7 Å². The number of nitrogens with one attached hydrogen (secondary N) is 1. The van der Waals surface area contributed by atoms with E-state index in [2.05, 4.69) is 11.4 Å². The largest absolute Gasteiger partial charge is 0.462 e. The Morgan fingerprint density at radius 1 is 0.895 bits per heavy atom. The monoisotopic (exact) mass is 516 g/mol. The van der Waals surface area contributed by atoms with E-state index in [-0.39, 0.29) is 41.0 Å². The Balaban J connectivity index is 1.14. The van der Waals surface area contributed by atoms with Crippen molar-refractivity contribution in [3.05, 3.63) is 71.3 Å². The lowest BCUT2D eigenvalue weighted by atomic mass is 9.82. The first-order chi connectivity index (χ1) is 18.3. The highest BCUT2D eigenvalue weighted by Gasteiger charge is 2.60. The molecule has 38 heavy (non-hydrogen) atoms. The molecule has 196 valence electrons. The first-order valence-corrected chi connectivity index (χ1v) is 12.7. The van der Waals surface area contributed by atoms with Crippen molar-refractivity contribution in [1.29, 1.82) is 0 Å². The molecule has 1 saturated carbocycles. The van der Waals surface area contributed by atoms with E-state index in [4.69, 9.17) is 9.47 Å². The lowest BCUT2D eigenvalue weighted by Crippen LogP contribution is -2.33. The van der Waals surface area contributed by atoms with E-state index in [9.17, 15) is 24.0 Å². The Morgan fingerprint density at radius 3 is 2.16 bits per heavy atom. The van der Waals surface area contributed by atoms with Crippen LogP contribution in [0.1, 0.15) is 47.4 Å². The minimum atomic E-state index is -0.713. The fourth-order valence-corrected chi connectivity index (χ4v) is 5.65. The highest BCUT2D eigenvalue weighted by molar-refractivity contribution is 6.23. The van der Waals surface area contributed by atoms with Crippen LogP contribution in [0.4, 0.5) is 11.4 Å². The van der Waals surface area contributed by atoms with Crippen molar-refractivity contribution in [3.63, 3.8) is 0 Å². The van der Waals surface area contributed by atoms with Gasteiger partial charge in [0.25, 0.3) is 5.91 Å². The van der Waals surface area contributed by atoms with E-state index in [1.54, 1.807) is 24.3 Å². The molecule has 2 aliphatic carbocycles. The van der Waals surface area contributed by atoms with Crippen LogP contribution in [-0.2, 0) is 23.9 Å². The van der Waals surface area contributed by atoms with Gasteiger partial charge in [-0.1, -0.05) is 18.6 Å². The van der Waals surface area contributed by atoms with Crippen LogP contribution < -0.4 is 10.2 Å². The Hall–Kier alpha value is -4.27. The van der Waals surface area contributed by atoms with Gasteiger partial charge in [0.1, 0.15) is 0 Å². The number of allylic oxidation sites excluding steroid dienone is 2. The summed E-state index contributed by atoms with van der Waals surface area (Å²) in [6, 6.07) is 12.2. The van der Waals surface area contributed by atoms with Gasteiger partial charge in [0.15, 0.2) is 6.61 Å². The number of esters is 2. The van der Waals surface area contributed by atoms with Crippen molar-refractivity contribution >= 4 is 41.0 Å². The van der Waals surface area contributed by atoms with Gasteiger partial charge in [-0.2, -0.15) is 0 Å². The molecule has 2 aromatic carbocycles. The van der Waals surface area contributed by atoms with Gasteiger partial charge >= 0.3 is 11.9 Å². The van der Waals surface area contributed by atoms with Crippen LogP contribution in [0.5, 0.6) is 0 Å². The Bertz CT molecular complexity index is 1330. The number of imide groups is 1. The van der Waals surface area contributed by atoms with Gasteiger partial charge < -0.3 is 14.8 Å². The van der Waals surface area contributed by atoms with Gasteiger partial charge in [-0.05, 0) is 80.1 Å². The van der Waals surface area contributed by atoms with Gasteiger partial charge in [-0.15, -0.1) is 0 Å². The number of ether oxygens (including phenoxy) is 2. The van der Waals surface area contributed by atoms with Crippen LogP contribution in [0.3, 0.4) is 0 Å². The zero-order valence-corrected chi connectivity index (χ0v) is 21.1. The number of nitrogens with zero attached hydrogens (tertiary/aromatic N) is 1. The third-order valence-corrected chi connectivity index (χ3v) is 7.42. The van der Waals surface area contributed by atoms with Crippen molar-refractivity contribution in [2.75, 3.05) is 23.4 Å². The van der Waals surface area contributed by atoms with Crippen LogP contribution in [0.25, 0.3) is 0 Å². The molecule has 0 spiro atoms. The minimum absolute atomic E-state index is 0.118. The van der Waals surface area contributed by atoms with Crippen molar-refractivity contribution in [2.45, 2.75) is 26.7 Å². The summed E-state index contributed by atoms with van der Waals surface area (Å²) >= 11 is 0. The second-order valence-corrected chi connectivity index (χ2v) is 9.86. The molecule has 9 heteroatoms. The predicted octanol–water partition coefficient (Wildman–Crippen LogP) is 3.75. The van der Waals surface area contributed by atoms with Gasteiger partial charge in [0.2, 0.25) is 11.8 Å². The molecule has 0 aromatic heterocycles. The molecule has 1 N–H and O–H groups in total. The van der Waals surface area contributed by atoms with Gasteiger partial charge in [0, 0.05) is 5.69 Å². The van der Waals surface area contributed by atoms with E-state index in [0.29, 0.717) is 23.5 Å². The topological polar surface area (TPSA) is 119 Å². The first kappa shape index (κ1) is 25.4. The van der Waals surface area contributed by atoms with Crippen LogP contribution in [-0.4, -0.2) is 42.9 Å². The SMILES string of the molecule is CCCOC(=O)c1ccc(NC(=O)COC(=O)c2ccc(N3C(=O)[C@H]4[C@H](C3=O)[C@H]3C=C(C)[C@H]4C3)cc2)cc1. The normalized spacial score (nSPS) is 23.2. The fraction of sp³-hybridized carbons (Fsp3) is 0.345. The van der Waals surface area contributed by atoms with E-state index in [1.807, 2.05) is 13.8 Å². The molecule has 5 rings (SSSR count). The molecule has 4 atom stereocenters. The molecule has 2 bridgehead atoms. The average Bonchev–Trinajstić information content (AvgIpc) is 3.56. The zero-order valence-electron chi connectivity index (χ0n) is 21.1. The van der Waals surface area contributed by atoms with E-state index in [0.717, 1.165) is 12.8 Å². The predicted molar refractivity (Wildman–Crippen MR) is 137 cm³/mol. The van der Waals surface area contributed by atoms with Crippen LogP contribution >= 0.6 is 0 Å². The number of anilines is 2. The van der Waals surface area contributed by atoms with Crippen molar-refractivity contribution in [1.82, 2.24) is 0 Å². The summed E-state index contributed by atoms with van der Waals surface area (Å²) < 4.78 is 10.2. The molecule has 9 nitrogen and oxygen atoms in total. The Morgan fingerprint density at radius 2 is 1.50 bits per heavy atom. The number of carbonyl (C=O) groups excluding carboxylic acids is 5. The molecule has 3 amide bonds. The maximum absolute atomic E-state index is 13.1. The van der Waals surface area contributed by atoms with Gasteiger partial charge in [-0.25, -0.2) is 9.59 Å². The number of fused-ring (bicyclic) bond motifs is 5. The van der Waals surface area contributed by atoms with Gasteiger partial charge in [-0.3, -0.25) is 19.3 Å². The minimum Gasteiger partial charge on any atom is -0.462 e. The third-order valence-electron chi connectivity index (χ3n) is 7.42. The lowest BCUT2D eigenvalue weighted by Gasteiger charge is -2.19. The van der Waals surface area contributed by atoms with Crippen LogP contribution in [0.15, 0.2) is 60.2 Å². The number of rotatable bonds is 8. The summed E-state index contributed by atoms with van der Waals surface area (Å²) in [5, 5.41) is 2.59. The number of hydrogen-bond donors (Lipinski definition) is 1. The second kappa shape index (κ2) is 10.2. The molecule has 3 aliphatic rings. The average molecular weight is 517 g/mol. The van der Waals surface area contributed by atoms with Crippen molar-refractivity contribution < 1.29 is 33.4 Å². The fourth-order valence-electron chi connectivity index (χ4n) is 5.65. The molecular formula is C29H28N2O7. The van der Waals surface area contributed by atoms with E-state index in [1.165, 1.54) is 34.7 Å². The second-order valence-electron chi connectivity index (χ2n) is 9.86. The molecule has 0 radical (unpaired) electrons. The number of amides is 3. The molecule has 1 aliphatic heterocycles. The maximum atomic E-state index is 13.1. The lowest BCUT2D eigenvalue weighted by molar-refractivity contribution is -0.123. The number of hydrogen-bond acceptors (Lipinski definition) is 7. The number of benzene rings is 2.